The van der Waals surface area contributed by atoms with E-state index in [0.717, 1.165) is 11.3 Å². The third-order valence-electron chi connectivity index (χ3n) is 2.79. The lowest BCUT2D eigenvalue weighted by atomic mass is 10.2. The summed E-state index contributed by atoms with van der Waals surface area (Å²) in [5.74, 6) is -0.0154. The van der Waals surface area contributed by atoms with Crippen LogP contribution in [0.15, 0.2) is 24.3 Å². The zero-order valence-corrected chi connectivity index (χ0v) is 12.0. The Labute approximate surface area is 115 Å². The minimum absolute atomic E-state index is 0. The van der Waals surface area contributed by atoms with Crippen molar-refractivity contribution in [2.75, 3.05) is 25.5 Å². The lowest BCUT2D eigenvalue weighted by molar-refractivity contribution is -0.117. The van der Waals surface area contributed by atoms with Crippen molar-refractivity contribution in [3.05, 3.63) is 29.8 Å². The van der Waals surface area contributed by atoms with Crippen LogP contribution in [0.4, 0.5) is 5.69 Å². The standard InChI is InChI=1S/C13H21N3O.ClH/c1-10-5-4-6-12(7-10)15-13(17)9-16(3)11(2)8-14;/h4-7,11H,8-9,14H2,1-3H3,(H,15,17);1H. The van der Waals surface area contributed by atoms with E-state index in [2.05, 4.69) is 5.32 Å². The van der Waals surface area contributed by atoms with Crippen molar-refractivity contribution in [1.82, 2.24) is 4.90 Å². The normalized spacial score (nSPS) is 11.8. The third-order valence-corrected chi connectivity index (χ3v) is 2.79. The van der Waals surface area contributed by atoms with Crippen LogP contribution in [-0.2, 0) is 4.79 Å². The van der Waals surface area contributed by atoms with Gasteiger partial charge in [-0.25, -0.2) is 0 Å². The van der Waals surface area contributed by atoms with Gasteiger partial charge in [0.25, 0.3) is 0 Å². The first-order chi connectivity index (χ1) is 8.02. The highest BCUT2D eigenvalue weighted by molar-refractivity contribution is 5.92. The van der Waals surface area contributed by atoms with Crippen LogP contribution in [0, 0.1) is 6.92 Å². The Morgan fingerprint density at radius 1 is 1.50 bits per heavy atom. The van der Waals surface area contributed by atoms with E-state index in [0.29, 0.717) is 13.1 Å². The van der Waals surface area contributed by atoms with Gasteiger partial charge >= 0.3 is 0 Å². The van der Waals surface area contributed by atoms with Crippen molar-refractivity contribution < 1.29 is 4.79 Å². The molecule has 0 saturated carbocycles. The van der Waals surface area contributed by atoms with Gasteiger partial charge in [0.1, 0.15) is 0 Å². The number of rotatable bonds is 5. The Morgan fingerprint density at radius 3 is 2.72 bits per heavy atom. The Morgan fingerprint density at radius 2 is 2.17 bits per heavy atom. The van der Waals surface area contributed by atoms with Gasteiger partial charge in [-0.05, 0) is 38.6 Å². The number of benzene rings is 1. The molecule has 0 saturated heterocycles. The minimum Gasteiger partial charge on any atom is -0.329 e. The average molecular weight is 272 g/mol. The van der Waals surface area contributed by atoms with Crippen molar-refractivity contribution in [2.45, 2.75) is 19.9 Å². The molecule has 5 heteroatoms. The van der Waals surface area contributed by atoms with Crippen molar-refractivity contribution in [2.24, 2.45) is 5.73 Å². The Kier molecular flexibility index (Phi) is 7.59. The molecule has 0 bridgehead atoms. The number of hydrogen-bond acceptors (Lipinski definition) is 3. The Balaban J connectivity index is 0.00000289. The predicted molar refractivity (Wildman–Crippen MR) is 78.2 cm³/mol. The lowest BCUT2D eigenvalue weighted by Gasteiger charge is -2.22. The van der Waals surface area contributed by atoms with Crippen LogP contribution in [0.5, 0.6) is 0 Å². The summed E-state index contributed by atoms with van der Waals surface area (Å²) in [7, 11) is 1.90. The number of amides is 1. The molecular weight excluding hydrogens is 250 g/mol. The van der Waals surface area contributed by atoms with Crippen LogP contribution in [0.1, 0.15) is 12.5 Å². The average Bonchev–Trinajstić information content (AvgIpc) is 2.27. The van der Waals surface area contributed by atoms with E-state index < -0.39 is 0 Å². The second-order valence-corrected chi connectivity index (χ2v) is 4.42. The zero-order valence-electron chi connectivity index (χ0n) is 11.1. The number of likely N-dealkylation sites (N-methyl/N-ethyl adjacent to an activating group) is 1. The van der Waals surface area contributed by atoms with E-state index in [4.69, 9.17) is 5.73 Å². The predicted octanol–water partition coefficient (Wildman–Crippen LogP) is 1.63. The molecule has 0 aliphatic carbocycles. The van der Waals surface area contributed by atoms with E-state index in [1.165, 1.54) is 0 Å². The molecule has 4 nitrogen and oxygen atoms in total. The third kappa shape index (κ3) is 5.49. The van der Waals surface area contributed by atoms with Crippen molar-refractivity contribution >= 4 is 24.0 Å². The zero-order chi connectivity index (χ0) is 12.8. The quantitative estimate of drug-likeness (QED) is 0.856. The number of hydrogen-bond donors (Lipinski definition) is 2. The van der Waals surface area contributed by atoms with Crippen molar-refractivity contribution in [1.29, 1.82) is 0 Å². The van der Waals surface area contributed by atoms with Gasteiger partial charge in [0.05, 0.1) is 6.54 Å². The van der Waals surface area contributed by atoms with Crippen molar-refractivity contribution in [3.8, 4) is 0 Å². The molecule has 0 heterocycles. The van der Waals surface area contributed by atoms with Crippen molar-refractivity contribution in [3.63, 3.8) is 0 Å². The first kappa shape index (κ1) is 16.9. The van der Waals surface area contributed by atoms with Gasteiger partial charge in [-0.1, -0.05) is 12.1 Å². The molecule has 1 aromatic rings. The summed E-state index contributed by atoms with van der Waals surface area (Å²) >= 11 is 0. The number of nitrogens with two attached hydrogens (primary N) is 1. The molecule has 1 amide bonds. The summed E-state index contributed by atoms with van der Waals surface area (Å²) in [5.41, 5.74) is 7.52. The lowest BCUT2D eigenvalue weighted by Crippen LogP contribution is -2.40. The number of halogens is 1. The van der Waals surface area contributed by atoms with E-state index >= 15 is 0 Å². The van der Waals surface area contributed by atoms with Crippen LogP contribution in [0.3, 0.4) is 0 Å². The van der Waals surface area contributed by atoms with Gasteiger partial charge in [-0.3, -0.25) is 9.69 Å². The van der Waals surface area contributed by atoms with E-state index in [9.17, 15) is 4.79 Å². The first-order valence-corrected chi connectivity index (χ1v) is 5.79. The smallest absolute Gasteiger partial charge is 0.238 e. The van der Waals surface area contributed by atoms with E-state index in [1.807, 2.05) is 50.1 Å². The monoisotopic (exact) mass is 271 g/mol. The van der Waals surface area contributed by atoms with E-state index in [1.54, 1.807) is 0 Å². The van der Waals surface area contributed by atoms with E-state index in [-0.39, 0.29) is 24.4 Å². The van der Waals surface area contributed by atoms with Gasteiger partial charge in [0, 0.05) is 18.3 Å². The number of nitrogens with zero attached hydrogens (tertiary/aromatic N) is 1. The fourth-order valence-electron chi connectivity index (χ4n) is 1.49. The summed E-state index contributed by atoms with van der Waals surface area (Å²) in [5, 5.41) is 2.87. The molecule has 1 aromatic carbocycles. The molecule has 1 unspecified atom stereocenters. The fourth-order valence-corrected chi connectivity index (χ4v) is 1.49. The number of carbonyl (C=O) groups is 1. The van der Waals surface area contributed by atoms with Crippen LogP contribution < -0.4 is 11.1 Å². The van der Waals surface area contributed by atoms with Gasteiger partial charge < -0.3 is 11.1 Å². The molecule has 0 radical (unpaired) electrons. The summed E-state index contributed by atoms with van der Waals surface area (Å²) in [4.78, 5) is 13.7. The number of anilines is 1. The largest absolute Gasteiger partial charge is 0.329 e. The molecule has 0 aliphatic rings. The molecule has 0 fully saturated rings. The molecule has 0 spiro atoms. The second-order valence-electron chi connectivity index (χ2n) is 4.42. The first-order valence-electron chi connectivity index (χ1n) is 5.79. The van der Waals surface area contributed by atoms with Gasteiger partial charge in [-0.15, -0.1) is 12.4 Å². The molecule has 3 N–H and O–H groups in total. The highest BCUT2D eigenvalue weighted by Crippen LogP contribution is 2.09. The Hall–Kier alpha value is -1.10. The highest BCUT2D eigenvalue weighted by Gasteiger charge is 2.11. The number of nitrogens with one attached hydrogen (secondary N) is 1. The molecule has 1 rings (SSSR count). The summed E-state index contributed by atoms with van der Waals surface area (Å²) in [6.07, 6.45) is 0. The maximum atomic E-state index is 11.8. The highest BCUT2D eigenvalue weighted by atomic mass is 35.5. The maximum Gasteiger partial charge on any atom is 0.238 e. The van der Waals surface area contributed by atoms with Crippen LogP contribution >= 0.6 is 12.4 Å². The number of carbonyl (C=O) groups excluding carboxylic acids is 1. The molecule has 1 atom stereocenters. The van der Waals surface area contributed by atoms with Gasteiger partial charge in [-0.2, -0.15) is 0 Å². The molecule has 0 aliphatic heterocycles. The Bertz CT molecular complexity index is 384. The summed E-state index contributed by atoms with van der Waals surface area (Å²) in [6.45, 7) is 4.90. The van der Waals surface area contributed by atoms with Gasteiger partial charge in [0.15, 0.2) is 0 Å². The molecule has 0 aromatic heterocycles. The van der Waals surface area contributed by atoms with Crippen LogP contribution in [0.25, 0.3) is 0 Å². The summed E-state index contributed by atoms with van der Waals surface area (Å²) < 4.78 is 0. The second kappa shape index (κ2) is 8.08. The van der Waals surface area contributed by atoms with Crippen LogP contribution in [-0.4, -0.2) is 37.0 Å². The SMILES string of the molecule is Cc1cccc(NC(=O)CN(C)C(C)CN)c1.Cl. The molecule has 18 heavy (non-hydrogen) atoms. The number of aryl methyl sites for hydroxylation is 1. The van der Waals surface area contributed by atoms with Gasteiger partial charge in [0.2, 0.25) is 5.91 Å². The van der Waals surface area contributed by atoms with Crippen LogP contribution in [0.2, 0.25) is 0 Å². The summed E-state index contributed by atoms with van der Waals surface area (Å²) in [6, 6.07) is 7.97. The molecular formula is C13H22ClN3O. The molecule has 102 valence electrons. The minimum atomic E-state index is -0.0154. The fraction of sp³-hybridized carbons (Fsp3) is 0.462. The maximum absolute atomic E-state index is 11.8. The topological polar surface area (TPSA) is 58.4 Å².